The lowest BCUT2D eigenvalue weighted by Crippen LogP contribution is -2.29. The molecule has 3 nitrogen and oxygen atoms in total. The molecule has 0 spiro atoms. The molecule has 0 heterocycles. The van der Waals surface area contributed by atoms with Crippen LogP contribution < -0.4 is 0 Å². The van der Waals surface area contributed by atoms with Crippen LogP contribution in [-0.2, 0) is 4.74 Å². The van der Waals surface area contributed by atoms with Gasteiger partial charge >= 0.3 is 0 Å². The molecule has 0 aliphatic carbocycles. The Bertz CT molecular complexity index is 102. The molecule has 2 N–H and O–H groups in total. The largest absolute Gasteiger partial charge is 0.391 e. The van der Waals surface area contributed by atoms with Crippen LogP contribution in [0, 0.1) is 0 Å². The minimum absolute atomic E-state index is 0.232. The van der Waals surface area contributed by atoms with Gasteiger partial charge in [-0.15, -0.1) is 0 Å². The molecule has 74 valence electrons. The third kappa shape index (κ3) is 5.52. The summed E-state index contributed by atoms with van der Waals surface area (Å²) in [6.07, 6.45) is 1.37. The highest BCUT2D eigenvalue weighted by molar-refractivity contribution is 4.64. The summed E-state index contributed by atoms with van der Waals surface area (Å²) in [6, 6.07) is 0. The monoisotopic (exact) mass is 176 g/mol. The number of unbranched alkanes of at least 4 members (excludes halogenated alkanes) is 1. The maximum atomic E-state index is 9.25. The molecule has 0 fully saturated rings. The van der Waals surface area contributed by atoms with Crippen LogP contribution in [-0.4, -0.2) is 28.7 Å². The van der Waals surface area contributed by atoms with E-state index in [2.05, 4.69) is 6.92 Å². The zero-order chi connectivity index (χ0) is 9.56. The first-order valence-electron chi connectivity index (χ1n) is 4.59. The lowest BCUT2D eigenvalue weighted by atomic mass is 10.1. The second kappa shape index (κ2) is 6.40. The van der Waals surface area contributed by atoms with Crippen molar-refractivity contribution in [2.75, 3.05) is 0 Å². The highest BCUT2D eigenvalue weighted by Crippen LogP contribution is 2.10. The third-order valence-electron chi connectivity index (χ3n) is 1.75. The molecule has 3 heteroatoms. The second-order valence-electron chi connectivity index (χ2n) is 3.16. The number of rotatable bonds is 6. The Labute approximate surface area is 74.4 Å². The molecule has 3 atom stereocenters. The number of aliphatic hydroxyl groups is 2. The van der Waals surface area contributed by atoms with E-state index in [1.165, 1.54) is 0 Å². The fourth-order valence-corrected chi connectivity index (χ4v) is 1.08. The normalized spacial score (nSPS) is 18.8. The van der Waals surface area contributed by atoms with Crippen molar-refractivity contribution in [2.45, 2.75) is 58.5 Å². The lowest BCUT2D eigenvalue weighted by molar-refractivity contribution is -0.154. The summed E-state index contributed by atoms with van der Waals surface area (Å²) in [4.78, 5) is 0. The number of ether oxygens (including phenoxy) is 1. The summed E-state index contributed by atoms with van der Waals surface area (Å²) < 4.78 is 5.12. The van der Waals surface area contributed by atoms with Crippen LogP contribution in [0.1, 0.15) is 40.0 Å². The zero-order valence-electron chi connectivity index (χ0n) is 8.16. The Kier molecular flexibility index (Phi) is 6.34. The molecular formula is C9H20O3. The van der Waals surface area contributed by atoms with Gasteiger partial charge in [0.2, 0.25) is 0 Å². The fourth-order valence-electron chi connectivity index (χ4n) is 1.08. The van der Waals surface area contributed by atoms with Crippen LogP contribution in [0.5, 0.6) is 0 Å². The molecule has 0 saturated carbocycles. The number of hydrogen-bond donors (Lipinski definition) is 2. The van der Waals surface area contributed by atoms with E-state index < -0.39 is 12.4 Å². The summed E-state index contributed by atoms with van der Waals surface area (Å²) >= 11 is 0. The van der Waals surface area contributed by atoms with E-state index in [0.29, 0.717) is 0 Å². The van der Waals surface area contributed by atoms with Gasteiger partial charge in [-0.05, 0) is 20.3 Å². The van der Waals surface area contributed by atoms with Crippen LogP contribution in [0.4, 0.5) is 0 Å². The molecule has 0 rings (SSSR count). The van der Waals surface area contributed by atoms with Crippen molar-refractivity contribution in [3.63, 3.8) is 0 Å². The Morgan fingerprint density at radius 3 is 2.17 bits per heavy atom. The molecular weight excluding hydrogens is 156 g/mol. The molecule has 0 aromatic carbocycles. The first kappa shape index (κ1) is 11.9. The molecule has 0 aliphatic heterocycles. The Morgan fingerprint density at radius 2 is 1.83 bits per heavy atom. The summed E-state index contributed by atoms with van der Waals surface area (Å²) in [5.41, 5.74) is 0. The first-order chi connectivity index (χ1) is 5.57. The molecule has 0 amide bonds. The average molecular weight is 176 g/mol. The highest BCUT2D eigenvalue weighted by atomic mass is 16.6. The number of hydrogen-bond acceptors (Lipinski definition) is 3. The Balaban J connectivity index is 3.70. The molecule has 12 heavy (non-hydrogen) atoms. The Morgan fingerprint density at radius 1 is 1.25 bits per heavy atom. The van der Waals surface area contributed by atoms with Gasteiger partial charge < -0.3 is 14.9 Å². The van der Waals surface area contributed by atoms with Gasteiger partial charge in [0.15, 0.2) is 6.29 Å². The van der Waals surface area contributed by atoms with Crippen molar-refractivity contribution in [2.24, 2.45) is 0 Å². The summed E-state index contributed by atoms with van der Waals surface area (Å²) in [7, 11) is 0. The van der Waals surface area contributed by atoms with Crippen LogP contribution in [0.15, 0.2) is 0 Å². The smallest absolute Gasteiger partial charge is 0.152 e. The maximum Gasteiger partial charge on any atom is 0.152 e. The SMILES string of the molecule is CCCCC(OC(C)O)C(C)O. The molecule has 0 aromatic rings. The van der Waals surface area contributed by atoms with Gasteiger partial charge in [-0.3, -0.25) is 0 Å². The first-order valence-corrected chi connectivity index (χ1v) is 4.59. The molecule has 0 aliphatic rings. The quantitative estimate of drug-likeness (QED) is 0.599. The van der Waals surface area contributed by atoms with Crippen LogP contribution in [0.25, 0.3) is 0 Å². The average Bonchev–Trinajstić information content (AvgIpc) is 1.96. The van der Waals surface area contributed by atoms with E-state index in [-0.39, 0.29) is 6.10 Å². The predicted molar refractivity (Wildman–Crippen MR) is 47.8 cm³/mol. The third-order valence-corrected chi connectivity index (χ3v) is 1.75. The topological polar surface area (TPSA) is 49.7 Å². The van der Waals surface area contributed by atoms with Crippen molar-refractivity contribution >= 4 is 0 Å². The standard InChI is InChI=1S/C9H20O3/c1-4-5-6-9(7(2)10)12-8(3)11/h7-11H,4-6H2,1-3H3. The van der Waals surface area contributed by atoms with Crippen molar-refractivity contribution in [1.29, 1.82) is 0 Å². The van der Waals surface area contributed by atoms with Gasteiger partial charge in [-0.25, -0.2) is 0 Å². The van der Waals surface area contributed by atoms with E-state index >= 15 is 0 Å². The van der Waals surface area contributed by atoms with Crippen LogP contribution in [0.3, 0.4) is 0 Å². The van der Waals surface area contributed by atoms with Gasteiger partial charge in [0.1, 0.15) is 0 Å². The molecule has 3 unspecified atom stereocenters. The number of aliphatic hydroxyl groups excluding tert-OH is 2. The van der Waals surface area contributed by atoms with Gasteiger partial charge in [-0.2, -0.15) is 0 Å². The molecule has 0 radical (unpaired) electrons. The highest BCUT2D eigenvalue weighted by Gasteiger charge is 2.16. The summed E-state index contributed by atoms with van der Waals surface area (Å²) in [5, 5.41) is 18.2. The lowest BCUT2D eigenvalue weighted by Gasteiger charge is -2.21. The Hall–Kier alpha value is -0.120. The summed E-state index contributed by atoms with van der Waals surface area (Å²) in [5.74, 6) is 0. The van der Waals surface area contributed by atoms with E-state index in [4.69, 9.17) is 9.84 Å². The van der Waals surface area contributed by atoms with Gasteiger partial charge in [-0.1, -0.05) is 19.8 Å². The molecule has 0 aromatic heterocycles. The minimum atomic E-state index is -0.790. The predicted octanol–water partition coefficient (Wildman–Crippen LogP) is 1.28. The van der Waals surface area contributed by atoms with E-state index in [9.17, 15) is 5.11 Å². The van der Waals surface area contributed by atoms with E-state index in [0.717, 1.165) is 19.3 Å². The molecule has 0 saturated heterocycles. The maximum absolute atomic E-state index is 9.25. The van der Waals surface area contributed by atoms with Crippen LogP contribution >= 0.6 is 0 Å². The van der Waals surface area contributed by atoms with Gasteiger partial charge in [0, 0.05) is 0 Å². The molecule has 0 bridgehead atoms. The minimum Gasteiger partial charge on any atom is -0.391 e. The van der Waals surface area contributed by atoms with E-state index in [1.807, 2.05) is 0 Å². The van der Waals surface area contributed by atoms with Crippen molar-refractivity contribution in [3.8, 4) is 0 Å². The van der Waals surface area contributed by atoms with Crippen molar-refractivity contribution < 1.29 is 14.9 Å². The van der Waals surface area contributed by atoms with Crippen LogP contribution in [0.2, 0.25) is 0 Å². The fraction of sp³-hybridized carbons (Fsp3) is 1.00. The van der Waals surface area contributed by atoms with Gasteiger partial charge in [0.05, 0.1) is 12.2 Å². The van der Waals surface area contributed by atoms with E-state index in [1.54, 1.807) is 13.8 Å². The second-order valence-corrected chi connectivity index (χ2v) is 3.16. The summed E-state index contributed by atoms with van der Waals surface area (Å²) in [6.45, 7) is 5.32. The zero-order valence-corrected chi connectivity index (χ0v) is 8.16. The van der Waals surface area contributed by atoms with Crippen molar-refractivity contribution in [1.82, 2.24) is 0 Å². The van der Waals surface area contributed by atoms with Gasteiger partial charge in [0.25, 0.3) is 0 Å². The van der Waals surface area contributed by atoms with Crippen molar-refractivity contribution in [3.05, 3.63) is 0 Å².